The van der Waals surface area contributed by atoms with Crippen molar-refractivity contribution in [2.75, 3.05) is 19.7 Å². The van der Waals surface area contributed by atoms with Gasteiger partial charge in [-0.1, -0.05) is 13.8 Å². The third-order valence-corrected chi connectivity index (χ3v) is 4.03. The molecule has 0 spiro atoms. The van der Waals surface area contributed by atoms with Crippen molar-refractivity contribution in [2.24, 2.45) is 0 Å². The Bertz CT molecular complexity index is 476. The molecule has 0 radical (unpaired) electrons. The first-order valence-electron chi connectivity index (χ1n) is 7.58. The van der Waals surface area contributed by atoms with E-state index in [-0.39, 0.29) is 12.2 Å². The van der Waals surface area contributed by atoms with Gasteiger partial charge in [-0.15, -0.1) is 0 Å². The van der Waals surface area contributed by atoms with E-state index in [4.69, 9.17) is 9.84 Å². The van der Waals surface area contributed by atoms with Crippen molar-refractivity contribution >= 4 is 5.97 Å². The van der Waals surface area contributed by atoms with Crippen LogP contribution in [-0.2, 0) is 16.1 Å². The Labute approximate surface area is 125 Å². The third kappa shape index (κ3) is 4.04. The van der Waals surface area contributed by atoms with Crippen LogP contribution in [0.3, 0.4) is 0 Å². The van der Waals surface area contributed by atoms with Gasteiger partial charge in [0.1, 0.15) is 6.61 Å². The zero-order valence-corrected chi connectivity index (χ0v) is 13.1. The largest absolute Gasteiger partial charge is 0.480 e. The van der Waals surface area contributed by atoms with E-state index in [0.29, 0.717) is 6.04 Å². The summed E-state index contributed by atoms with van der Waals surface area (Å²) in [6.45, 7) is 8.37. The minimum absolute atomic E-state index is 0.229. The van der Waals surface area contributed by atoms with E-state index in [9.17, 15) is 4.79 Å². The molecule has 1 aliphatic heterocycles. The fourth-order valence-electron chi connectivity index (χ4n) is 2.90. The van der Waals surface area contributed by atoms with E-state index in [1.165, 1.54) is 0 Å². The highest BCUT2D eigenvalue weighted by atomic mass is 16.5. The van der Waals surface area contributed by atoms with E-state index >= 15 is 0 Å². The van der Waals surface area contributed by atoms with Gasteiger partial charge in [-0.25, -0.2) is 4.79 Å². The number of carboxylic acid groups (broad SMARTS) is 1. The number of ether oxygens (including phenoxy) is 1. The van der Waals surface area contributed by atoms with E-state index in [1.807, 2.05) is 13.1 Å². The zero-order chi connectivity index (χ0) is 15.5. The number of aromatic nitrogens is 2. The van der Waals surface area contributed by atoms with Crippen LogP contribution < -0.4 is 0 Å². The standard InChI is InChI=1S/C15H25N3O3/c1-4-13(5-2)18-7-6-12(16-18)8-17-10-15(3,11-17)21-9-14(19)20/h6-7,13H,4-5,8-11H2,1-3H3,(H,19,20). The van der Waals surface area contributed by atoms with Gasteiger partial charge in [-0.3, -0.25) is 9.58 Å². The van der Waals surface area contributed by atoms with E-state index in [1.54, 1.807) is 0 Å². The molecular formula is C15H25N3O3. The second-order valence-corrected chi connectivity index (χ2v) is 6.03. The molecule has 1 fully saturated rings. The lowest BCUT2D eigenvalue weighted by atomic mass is 9.96. The molecule has 1 saturated heterocycles. The highest BCUT2D eigenvalue weighted by molar-refractivity contribution is 5.68. The monoisotopic (exact) mass is 295 g/mol. The molecule has 0 saturated carbocycles. The van der Waals surface area contributed by atoms with Crippen molar-refractivity contribution in [3.8, 4) is 0 Å². The quantitative estimate of drug-likeness (QED) is 0.793. The van der Waals surface area contributed by atoms with Gasteiger partial charge >= 0.3 is 5.97 Å². The van der Waals surface area contributed by atoms with Crippen molar-refractivity contribution in [3.05, 3.63) is 18.0 Å². The summed E-state index contributed by atoms with van der Waals surface area (Å²) in [6.07, 6.45) is 4.22. The van der Waals surface area contributed by atoms with Crippen LogP contribution in [0.5, 0.6) is 0 Å². The van der Waals surface area contributed by atoms with Crippen molar-refractivity contribution < 1.29 is 14.6 Å². The number of likely N-dealkylation sites (tertiary alicyclic amines) is 1. The van der Waals surface area contributed by atoms with Crippen LogP contribution in [0.4, 0.5) is 0 Å². The molecule has 1 aromatic heterocycles. The van der Waals surface area contributed by atoms with Crippen LogP contribution >= 0.6 is 0 Å². The molecule has 0 amide bonds. The predicted molar refractivity (Wildman–Crippen MR) is 79.1 cm³/mol. The average molecular weight is 295 g/mol. The minimum Gasteiger partial charge on any atom is -0.480 e. The normalized spacial score (nSPS) is 17.9. The van der Waals surface area contributed by atoms with Crippen LogP contribution in [0.15, 0.2) is 12.3 Å². The lowest BCUT2D eigenvalue weighted by Crippen LogP contribution is -2.61. The van der Waals surface area contributed by atoms with Gasteiger partial charge in [0, 0.05) is 25.8 Å². The number of carbonyl (C=O) groups is 1. The Balaban J connectivity index is 1.81. The van der Waals surface area contributed by atoms with E-state index in [2.05, 4.69) is 34.6 Å². The van der Waals surface area contributed by atoms with Gasteiger partial charge in [-0.2, -0.15) is 5.10 Å². The molecule has 6 nitrogen and oxygen atoms in total. The van der Waals surface area contributed by atoms with E-state index < -0.39 is 5.97 Å². The maximum absolute atomic E-state index is 10.5. The summed E-state index contributed by atoms with van der Waals surface area (Å²) in [4.78, 5) is 12.8. The zero-order valence-electron chi connectivity index (χ0n) is 13.1. The average Bonchev–Trinajstić information content (AvgIpc) is 2.85. The van der Waals surface area contributed by atoms with Gasteiger partial charge < -0.3 is 9.84 Å². The fourth-order valence-corrected chi connectivity index (χ4v) is 2.90. The first kappa shape index (κ1) is 16.0. The Morgan fingerprint density at radius 2 is 2.14 bits per heavy atom. The lowest BCUT2D eigenvalue weighted by molar-refractivity contribution is -0.165. The molecule has 0 bridgehead atoms. The van der Waals surface area contributed by atoms with Crippen LogP contribution in [0, 0.1) is 0 Å². The molecule has 21 heavy (non-hydrogen) atoms. The van der Waals surface area contributed by atoms with Gasteiger partial charge in [0.05, 0.1) is 17.3 Å². The van der Waals surface area contributed by atoms with Gasteiger partial charge in [0.2, 0.25) is 0 Å². The molecule has 1 aromatic rings. The predicted octanol–water partition coefficient (Wildman–Crippen LogP) is 1.92. The smallest absolute Gasteiger partial charge is 0.329 e. The third-order valence-electron chi connectivity index (χ3n) is 4.03. The van der Waals surface area contributed by atoms with Gasteiger partial charge in [0.25, 0.3) is 0 Å². The summed E-state index contributed by atoms with van der Waals surface area (Å²) in [7, 11) is 0. The molecule has 0 atom stereocenters. The maximum atomic E-state index is 10.5. The number of nitrogens with zero attached hydrogens (tertiary/aromatic N) is 3. The number of rotatable bonds is 8. The summed E-state index contributed by atoms with van der Waals surface area (Å²) in [6, 6.07) is 2.53. The second kappa shape index (κ2) is 6.58. The SMILES string of the molecule is CCC(CC)n1ccc(CN2CC(C)(OCC(=O)O)C2)n1. The molecule has 2 heterocycles. The number of aliphatic carboxylic acids is 1. The summed E-state index contributed by atoms with van der Waals surface area (Å²) >= 11 is 0. The van der Waals surface area contributed by atoms with Gasteiger partial charge in [0.15, 0.2) is 0 Å². The highest BCUT2D eigenvalue weighted by Gasteiger charge is 2.40. The van der Waals surface area contributed by atoms with Crippen molar-refractivity contribution in [1.29, 1.82) is 0 Å². The molecule has 0 unspecified atom stereocenters. The highest BCUT2D eigenvalue weighted by Crippen LogP contribution is 2.26. The molecule has 1 aliphatic rings. The number of hydrogen-bond donors (Lipinski definition) is 1. The summed E-state index contributed by atoms with van der Waals surface area (Å²) in [5.41, 5.74) is 0.721. The Morgan fingerprint density at radius 3 is 2.71 bits per heavy atom. The lowest BCUT2D eigenvalue weighted by Gasteiger charge is -2.47. The van der Waals surface area contributed by atoms with Crippen LogP contribution in [0.2, 0.25) is 0 Å². The fraction of sp³-hybridized carbons (Fsp3) is 0.733. The van der Waals surface area contributed by atoms with Crippen LogP contribution in [0.1, 0.15) is 45.3 Å². The summed E-state index contributed by atoms with van der Waals surface area (Å²) in [5, 5.41) is 13.3. The second-order valence-electron chi connectivity index (χ2n) is 6.03. The molecule has 118 valence electrons. The van der Waals surface area contributed by atoms with E-state index in [0.717, 1.165) is 38.2 Å². The Morgan fingerprint density at radius 1 is 1.48 bits per heavy atom. The minimum atomic E-state index is -0.918. The first-order valence-corrected chi connectivity index (χ1v) is 7.58. The topological polar surface area (TPSA) is 67.6 Å². The van der Waals surface area contributed by atoms with Crippen molar-refractivity contribution in [3.63, 3.8) is 0 Å². The summed E-state index contributed by atoms with van der Waals surface area (Å²) < 4.78 is 7.46. The van der Waals surface area contributed by atoms with Crippen LogP contribution in [0.25, 0.3) is 0 Å². The molecule has 2 rings (SSSR count). The molecule has 1 N–H and O–H groups in total. The Hall–Kier alpha value is -1.40. The molecule has 0 aliphatic carbocycles. The molecule has 0 aromatic carbocycles. The maximum Gasteiger partial charge on any atom is 0.329 e. The van der Waals surface area contributed by atoms with Crippen molar-refractivity contribution in [2.45, 2.75) is 51.8 Å². The summed E-state index contributed by atoms with van der Waals surface area (Å²) in [5.74, 6) is -0.918. The number of hydrogen-bond acceptors (Lipinski definition) is 4. The van der Waals surface area contributed by atoms with Gasteiger partial charge in [-0.05, 0) is 25.8 Å². The molecular weight excluding hydrogens is 270 g/mol. The Kier molecular flexibility index (Phi) is 5.00. The first-order chi connectivity index (χ1) is 9.95. The van der Waals surface area contributed by atoms with Crippen molar-refractivity contribution in [1.82, 2.24) is 14.7 Å². The van der Waals surface area contributed by atoms with Crippen LogP contribution in [-0.4, -0.2) is 51.1 Å². The number of carboxylic acids is 1. The molecule has 6 heteroatoms.